The summed E-state index contributed by atoms with van der Waals surface area (Å²) in [5, 5.41) is 10.6. The van der Waals surface area contributed by atoms with Gasteiger partial charge in [0.2, 0.25) is 5.82 Å². The van der Waals surface area contributed by atoms with Crippen LogP contribution >= 0.6 is 0 Å². The third-order valence-electron chi connectivity index (χ3n) is 6.38. The van der Waals surface area contributed by atoms with E-state index in [0.29, 0.717) is 5.56 Å². The maximum atomic E-state index is 14.9. The number of hydrogen-bond acceptors (Lipinski definition) is 6. The standard InChI is InChI=1S/C25H21F5N2O4/c1-11-16(25(35)36-2)18(19-20(26)22(28)24(30)23(29)21(19)27)17-13(31-11)8-32(10-15(17)34)9-14(33)12-6-4-3-5-7-12/h3-7,14,16,18,33H,8-10H2,1-2H3. The second-order valence-corrected chi connectivity index (χ2v) is 8.59. The molecule has 11 heteroatoms. The normalized spacial score (nSPS) is 21.2. The molecule has 36 heavy (non-hydrogen) atoms. The molecule has 0 spiro atoms. The van der Waals surface area contributed by atoms with Crippen molar-refractivity contribution >= 4 is 17.5 Å². The molecule has 0 aliphatic carbocycles. The first-order valence-electron chi connectivity index (χ1n) is 10.9. The Bertz CT molecular complexity index is 1270. The van der Waals surface area contributed by atoms with E-state index in [-0.39, 0.29) is 36.6 Å². The molecule has 2 aliphatic heterocycles. The summed E-state index contributed by atoms with van der Waals surface area (Å²) in [6.45, 7) is 0.945. The highest BCUT2D eigenvalue weighted by molar-refractivity contribution is 6.09. The first kappa shape index (κ1) is 25.6. The highest BCUT2D eigenvalue weighted by atomic mass is 19.2. The van der Waals surface area contributed by atoms with Gasteiger partial charge in [-0.05, 0) is 12.5 Å². The Morgan fingerprint density at radius 1 is 1.06 bits per heavy atom. The van der Waals surface area contributed by atoms with Crippen LogP contribution in [-0.2, 0) is 14.3 Å². The van der Waals surface area contributed by atoms with Gasteiger partial charge in [0.15, 0.2) is 29.1 Å². The molecule has 2 aromatic carbocycles. The minimum atomic E-state index is -2.35. The van der Waals surface area contributed by atoms with Gasteiger partial charge < -0.3 is 9.84 Å². The van der Waals surface area contributed by atoms with Crippen LogP contribution in [0.5, 0.6) is 0 Å². The van der Waals surface area contributed by atoms with Gasteiger partial charge in [0.25, 0.3) is 0 Å². The number of β-amino-alcohol motifs (C(OH)–C–C–N with tert-alkyl or cyclic N) is 1. The number of methoxy groups -OCH3 is 1. The SMILES string of the molecule is COC(=O)C1C(C)=NC2=C(C(=O)CN(CC(O)c3ccccc3)C2)C1c1c(F)c(F)c(F)c(F)c1F. The third kappa shape index (κ3) is 4.33. The van der Waals surface area contributed by atoms with Gasteiger partial charge in [0.1, 0.15) is 5.92 Å². The molecule has 4 rings (SSSR count). The van der Waals surface area contributed by atoms with E-state index in [4.69, 9.17) is 4.74 Å². The molecule has 2 aromatic rings. The van der Waals surface area contributed by atoms with Crippen molar-refractivity contribution in [2.75, 3.05) is 26.7 Å². The van der Waals surface area contributed by atoms with E-state index >= 15 is 0 Å². The number of nitrogens with zero attached hydrogens (tertiary/aromatic N) is 2. The van der Waals surface area contributed by atoms with Crippen LogP contribution in [0.15, 0.2) is 46.6 Å². The molecule has 0 fully saturated rings. The van der Waals surface area contributed by atoms with E-state index < -0.39 is 64.3 Å². The summed E-state index contributed by atoms with van der Waals surface area (Å²) in [5.41, 5.74) is -1.04. The first-order chi connectivity index (χ1) is 17.1. The van der Waals surface area contributed by atoms with Crippen molar-refractivity contribution in [2.24, 2.45) is 10.9 Å². The summed E-state index contributed by atoms with van der Waals surface area (Å²) in [7, 11) is 0.991. The molecule has 2 aliphatic rings. The van der Waals surface area contributed by atoms with Crippen molar-refractivity contribution in [1.29, 1.82) is 0 Å². The van der Waals surface area contributed by atoms with Gasteiger partial charge in [-0.25, -0.2) is 22.0 Å². The number of benzene rings is 2. The Morgan fingerprint density at radius 3 is 2.22 bits per heavy atom. The van der Waals surface area contributed by atoms with Gasteiger partial charge in [-0.3, -0.25) is 19.5 Å². The average molecular weight is 508 g/mol. The summed E-state index contributed by atoms with van der Waals surface area (Å²) in [6, 6.07) is 8.64. The molecule has 0 saturated heterocycles. The van der Waals surface area contributed by atoms with Crippen molar-refractivity contribution < 1.29 is 41.4 Å². The van der Waals surface area contributed by atoms with Crippen LogP contribution in [0.4, 0.5) is 22.0 Å². The lowest BCUT2D eigenvalue weighted by atomic mass is 9.73. The lowest BCUT2D eigenvalue weighted by Crippen LogP contribution is -2.45. The third-order valence-corrected chi connectivity index (χ3v) is 6.38. The quantitative estimate of drug-likeness (QED) is 0.289. The van der Waals surface area contributed by atoms with E-state index in [1.54, 1.807) is 35.2 Å². The van der Waals surface area contributed by atoms with Crippen LogP contribution in [0.2, 0.25) is 0 Å². The zero-order chi connectivity index (χ0) is 26.3. The van der Waals surface area contributed by atoms with E-state index in [1.165, 1.54) is 6.92 Å². The largest absolute Gasteiger partial charge is 0.468 e. The topological polar surface area (TPSA) is 79.2 Å². The highest BCUT2D eigenvalue weighted by Gasteiger charge is 2.47. The minimum Gasteiger partial charge on any atom is -0.468 e. The molecule has 3 atom stereocenters. The molecule has 1 N–H and O–H groups in total. The molecule has 190 valence electrons. The van der Waals surface area contributed by atoms with Gasteiger partial charge >= 0.3 is 5.97 Å². The monoisotopic (exact) mass is 508 g/mol. The maximum Gasteiger partial charge on any atom is 0.315 e. The van der Waals surface area contributed by atoms with E-state index in [9.17, 15) is 36.6 Å². The second-order valence-electron chi connectivity index (χ2n) is 8.59. The smallest absolute Gasteiger partial charge is 0.315 e. The number of aliphatic hydroxyl groups is 1. The predicted octanol–water partition coefficient (Wildman–Crippen LogP) is 3.60. The number of esters is 1. The van der Waals surface area contributed by atoms with Gasteiger partial charge in [-0.15, -0.1) is 0 Å². The van der Waals surface area contributed by atoms with Gasteiger partial charge in [-0.2, -0.15) is 0 Å². The molecular weight excluding hydrogens is 487 g/mol. The van der Waals surface area contributed by atoms with Gasteiger partial charge in [0, 0.05) is 35.9 Å². The zero-order valence-corrected chi connectivity index (χ0v) is 19.2. The molecule has 2 heterocycles. The summed E-state index contributed by atoms with van der Waals surface area (Å²) < 4.78 is 76.4. The van der Waals surface area contributed by atoms with Crippen molar-refractivity contribution in [3.63, 3.8) is 0 Å². The van der Waals surface area contributed by atoms with E-state index in [2.05, 4.69) is 4.99 Å². The fraction of sp³-hybridized carbons (Fsp3) is 0.320. The first-order valence-corrected chi connectivity index (χ1v) is 10.9. The van der Waals surface area contributed by atoms with Crippen molar-refractivity contribution in [3.05, 3.63) is 81.8 Å². The number of ketones is 1. The summed E-state index contributed by atoms with van der Waals surface area (Å²) in [5.74, 6) is -16.2. The molecule has 0 bridgehead atoms. The molecule has 0 saturated carbocycles. The molecule has 0 amide bonds. The van der Waals surface area contributed by atoms with Crippen LogP contribution in [0.1, 0.15) is 30.1 Å². The molecule has 0 radical (unpaired) electrons. The minimum absolute atomic E-state index is 0.00866. The second kappa shape index (κ2) is 9.90. The van der Waals surface area contributed by atoms with Crippen LogP contribution in [0.3, 0.4) is 0 Å². The Morgan fingerprint density at radius 2 is 1.64 bits per heavy atom. The van der Waals surface area contributed by atoms with Crippen LogP contribution in [0, 0.1) is 35.0 Å². The number of carbonyl (C=O) groups excluding carboxylic acids is 2. The number of ether oxygens (including phenoxy) is 1. The number of Topliss-reactive ketones (excluding diaryl/α,β-unsaturated/α-hetero) is 1. The number of carbonyl (C=O) groups is 2. The summed E-state index contributed by atoms with van der Waals surface area (Å²) in [6.07, 6.45) is -0.969. The van der Waals surface area contributed by atoms with Gasteiger partial charge in [-0.1, -0.05) is 30.3 Å². The number of halogens is 5. The van der Waals surface area contributed by atoms with E-state index in [1.807, 2.05) is 0 Å². The van der Waals surface area contributed by atoms with E-state index in [0.717, 1.165) is 7.11 Å². The van der Waals surface area contributed by atoms with Gasteiger partial charge in [0.05, 0.1) is 25.5 Å². The Hall–Kier alpha value is -3.44. The Balaban J connectivity index is 1.81. The Kier molecular flexibility index (Phi) is 7.05. The van der Waals surface area contributed by atoms with Crippen LogP contribution in [0.25, 0.3) is 0 Å². The van der Waals surface area contributed by atoms with Crippen molar-refractivity contribution in [1.82, 2.24) is 4.90 Å². The number of aliphatic imine (C=N–C) groups is 1. The average Bonchev–Trinajstić information content (AvgIpc) is 2.86. The lowest BCUT2D eigenvalue weighted by molar-refractivity contribution is -0.143. The summed E-state index contributed by atoms with van der Waals surface area (Å²) >= 11 is 0. The maximum absolute atomic E-state index is 14.9. The van der Waals surface area contributed by atoms with Crippen LogP contribution in [-0.4, -0.2) is 54.2 Å². The molecule has 3 unspecified atom stereocenters. The van der Waals surface area contributed by atoms with Crippen molar-refractivity contribution in [3.8, 4) is 0 Å². The molecule has 0 aromatic heterocycles. The van der Waals surface area contributed by atoms with Crippen LogP contribution < -0.4 is 0 Å². The number of rotatable bonds is 5. The zero-order valence-electron chi connectivity index (χ0n) is 19.2. The summed E-state index contributed by atoms with van der Waals surface area (Å²) in [4.78, 5) is 31.7. The number of aliphatic hydroxyl groups excluding tert-OH is 1. The Labute approximate surface area is 202 Å². The highest BCUT2D eigenvalue weighted by Crippen LogP contribution is 2.44. The fourth-order valence-electron chi connectivity index (χ4n) is 4.73. The molecule has 6 nitrogen and oxygen atoms in total. The predicted molar refractivity (Wildman–Crippen MR) is 117 cm³/mol. The fourth-order valence-corrected chi connectivity index (χ4v) is 4.73. The van der Waals surface area contributed by atoms with Crippen molar-refractivity contribution in [2.45, 2.75) is 18.9 Å². The number of hydrogen-bond donors (Lipinski definition) is 1. The molecular formula is C25H21F5N2O4. The lowest BCUT2D eigenvalue weighted by Gasteiger charge is -2.38.